The van der Waals surface area contributed by atoms with Crippen LogP contribution in [0.3, 0.4) is 0 Å². The average Bonchev–Trinajstić information content (AvgIpc) is 3.55. The molecule has 0 bridgehead atoms. The predicted molar refractivity (Wildman–Crippen MR) is 189 cm³/mol. The molecule has 0 aliphatic carbocycles. The minimum Gasteiger partial charge on any atom is -0.493 e. The highest BCUT2D eigenvalue weighted by molar-refractivity contribution is 5.94. The number of hydrogen-bond acceptors (Lipinski definition) is 9. The lowest BCUT2D eigenvalue weighted by Crippen LogP contribution is -2.50. The number of aryl methyl sites for hydroxylation is 1. The van der Waals surface area contributed by atoms with E-state index in [0.29, 0.717) is 75.5 Å². The Morgan fingerprint density at radius 1 is 0.940 bits per heavy atom. The van der Waals surface area contributed by atoms with Crippen LogP contribution < -0.4 is 21.1 Å². The molecule has 11 heteroatoms. The summed E-state index contributed by atoms with van der Waals surface area (Å²) in [6.45, 7) is 5.77. The summed E-state index contributed by atoms with van der Waals surface area (Å²) in [6.07, 6.45) is 5.01. The third-order valence-corrected chi connectivity index (χ3v) is 10.0. The minimum atomic E-state index is -0.824. The van der Waals surface area contributed by atoms with Gasteiger partial charge < -0.3 is 30.3 Å². The van der Waals surface area contributed by atoms with Gasteiger partial charge in [0.15, 0.2) is 17.3 Å². The van der Waals surface area contributed by atoms with Crippen molar-refractivity contribution in [3.63, 3.8) is 0 Å². The molecule has 4 N–H and O–H groups in total. The molecule has 50 heavy (non-hydrogen) atoms. The lowest BCUT2D eigenvalue weighted by Gasteiger charge is -2.32. The van der Waals surface area contributed by atoms with E-state index in [4.69, 9.17) is 19.6 Å². The molecular weight excluding hydrogens is 636 g/mol. The van der Waals surface area contributed by atoms with Crippen molar-refractivity contribution < 1.29 is 33.1 Å². The first kappa shape index (κ1) is 37.2. The zero-order chi connectivity index (χ0) is 35.5. The third kappa shape index (κ3) is 9.78. The highest BCUT2D eigenvalue weighted by Gasteiger charge is 2.36. The summed E-state index contributed by atoms with van der Waals surface area (Å²) >= 11 is 0. The molecule has 0 radical (unpaired) electrons. The van der Waals surface area contributed by atoms with Crippen molar-refractivity contribution >= 4 is 34.5 Å². The van der Waals surface area contributed by atoms with E-state index in [9.17, 15) is 19.2 Å². The van der Waals surface area contributed by atoms with E-state index < -0.39 is 23.8 Å². The summed E-state index contributed by atoms with van der Waals surface area (Å²) in [5.41, 5.74) is 9.14. The Hall–Kier alpha value is -4.09. The number of para-hydroxylation sites is 1. The Bertz CT molecular complexity index is 1610. The molecule has 4 atom stereocenters. The van der Waals surface area contributed by atoms with Crippen molar-refractivity contribution in [2.24, 2.45) is 23.5 Å². The van der Waals surface area contributed by atoms with Crippen molar-refractivity contribution in [3.8, 4) is 5.75 Å². The van der Waals surface area contributed by atoms with Crippen molar-refractivity contribution in [1.29, 1.82) is 0 Å². The van der Waals surface area contributed by atoms with Gasteiger partial charge in [-0.3, -0.25) is 19.2 Å². The largest absolute Gasteiger partial charge is 0.493 e. The smallest absolute Gasteiger partial charge is 0.224 e. The number of ether oxygens (including phenoxy) is 2. The number of fused-ring (bicyclic) bond motifs is 2. The summed E-state index contributed by atoms with van der Waals surface area (Å²) in [5.74, 6) is -1.23. The molecule has 0 spiro atoms. The number of unbranched alkanes of at least 4 members (excludes halogenated alkanes) is 1. The number of hydrogen-bond donors (Lipinski definition) is 3. The number of carbonyl (C=O) groups excluding carboxylic acids is 4. The Morgan fingerprint density at radius 2 is 1.74 bits per heavy atom. The van der Waals surface area contributed by atoms with Crippen LogP contribution in [0, 0.1) is 17.8 Å². The zero-order valence-corrected chi connectivity index (χ0v) is 29.4. The van der Waals surface area contributed by atoms with Crippen LogP contribution in [0.2, 0.25) is 0 Å². The number of Topliss-reactive ketones (excluding diaryl/α,β-unsaturated/α-hetero) is 2. The van der Waals surface area contributed by atoms with Crippen LogP contribution in [0.25, 0.3) is 11.1 Å². The quantitative estimate of drug-likeness (QED) is 0.153. The first-order chi connectivity index (χ1) is 24.3. The van der Waals surface area contributed by atoms with Gasteiger partial charge in [-0.1, -0.05) is 44.5 Å². The van der Waals surface area contributed by atoms with Crippen LogP contribution in [0.4, 0.5) is 0 Å². The lowest BCUT2D eigenvalue weighted by molar-refractivity contribution is -0.136. The zero-order valence-electron chi connectivity index (χ0n) is 29.4. The number of nitrogens with zero attached hydrogens (tertiary/aromatic N) is 1. The van der Waals surface area contributed by atoms with Gasteiger partial charge in [-0.2, -0.15) is 0 Å². The van der Waals surface area contributed by atoms with E-state index in [1.165, 1.54) is 0 Å². The predicted octanol–water partition coefficient (Wildman–Crippen LogP) is 5.17. The maximum atomic E-state index is 14.3. The van der Waals surface area contributed by atoms with Crippen LogP contribution in [-0.2, 0) is 36.8 Å². The number of oxazole rings is 1. The number of ketones is 2. The Labute approximate surface area is 294 Å². The van der Waals surface area contributed by atoms with E-state index in [1.807, 2.05) is 42.5 Å². The molecule has 0 saturated carbocycles. The fraction of sp³-hybridized carbons (Fsp3) is 0.564. The van der Waals surface area contributed by atoms with Gasteiger partial charge in [0.05, 0.1) is 24.6 Å². The Morgan fingerprint density at radius 3 is 2.50 bits per heavy atom. The molecule has 2 amide bonds. The molecule has 5 rings (SSSR count). The standard InChI is InChI=1S/C39H52N4O7/c1-3-25-12-13-32-35(21-25)50-36(41-32)24-28(22-29(44)4-2)39(47)43-37(26-14-18-48-19-15-26)33(45)23-27(9-7-8-17-40)38(46)42-31-16-20-49-34-11-6-5-10-30(31)34/h5-6,10-13,21,26-28,31,37H,3-4,7-9,14-20,22-24,40H2,1-2H3,(H,42,46)(H,43,47)/t27-,28+,31-,37+/m1/s1. The van der Waals surface area contributed by atoms with Gasteiger partial charge in [-0.05, 0) is 68.3 Å². The van der Waals surface area contributed by atoms with E-state index in [-0.39, 0.29) is 55.1 Å². The third-order valence-electron chi connectivity index (χ3n) is 10.0. The second kappa shape index (κ2) is 18.2. The van der Waals surface area contributed by atoms with Crippen molar-refractivity contribution in [1.82, 2.24) is 15.6 Å². The second-order valence-electron chi connectivity index (χ2n) is 13.6. The Kier molecular flexibility index (Phi) is 13.6. The number of nitrogens with one attached hydrogen (secondary N) is 2. The van der Waals surface area contributed by atoms with Gasteiger partial charge in [-0.25, -0.2) is 4.98 Å². The first-order valence-corrected chi connectivity index (χ1v) is 18.3. The summed E-state index contributed by atoms with van der Waals surface area (Å²) in [5, 5.41) is 6.25. The maximum Gasteiger partial charge on any atom is 0.224 e. The maximum absolute atomic E-state index is 14.3. The molecule has 0 unspecified atom stereocenters. The molecule has 1 aromatic heterocycles. The van der Waals surface area contributed by atoms with Crippen LogP contribution >= 0.6 is 0 Å². The van der Waals surface area contributed by atoms with Gasteiger partial charge in [0.1, 0.15) is 17.0 Å². The molecule has 2 aliphatic rings. The van der Waals surface area contributed by atoms with Gasteiger partial charge in [-0.15, -0.1) is 0 Å². The van der Waals surface area contributed by atoms with Crippen molar-refractivity contribution in [2.75, 3.05) is 26.4 Å². The SMILES string of the molecule is CCC(=O)C[C@@H](Cc1nc2ccc(CC)cc2o1)C(=O)N[C@H](C(=O)C[C@@H](CCCCN)C(=O)N[C@@H]1CCOc2ccccc21)C1CCOCC1. The normalized spacial score (nSPS) is 18.0. The van der Waals surface area contributed by atoms with Crippen LogP contribution in [0.15, 0.2) is 46.9 Å². The van der Waals surface area contributed by atoms with Crippen LogP contribution in [-0.4, -0.2) is 60.8 Å². The van der Waals surface area contributed by atoms with Crippen LogP contribution in [0.5, 0.6) is 5.75 Å². The number of aromatic nitrogens is 1. The highest BCUT2D eigenvalue weighted by Crippen LogP contribution is 2.32. The van der Waals surface area contributed by atoms with E-state index in [2.05, 4.69) is 22.5 Å². The molecule has 1 saturated heterocycles. The van der Waals surface area contributed by atoms with E-state index >= 15 is 0 Å². The van der Waals surface area contributed by atoms with Gasteiger partial charge in [0, 0.05) is 56.8 Å². The van der Waals surface area contributed by atoms with E-state index in [1.54, 1.807) is 6.92 Å². The molecule has 3 heterocycles. The molecule has 3 aromatic rings. The molecule has 2 aliphatic heterocycles. The molecule has 11 nitrogen and oxygen atoms in total. The number of carbonyl (C=O) groups is 4. The summed E-state index contributed by atoms with van der Waals surface area (Å²) in [6, 6.07) is 12.5. The number of amides is 2. The van der Waals surface area contributed by atoms with Crippen LogP contribution in [0.1, 0.15) is 94.7 Å². The second-order valence-corrected chi connectivity index (χ2v) is 13.6. The molecule has 270 valence electrons. The number of rotatable bonds is 18. The fourth-order valence-electron chi connectivity index (χ4n) is 7.01. The first-order valence-electron chi connectivity index (χ1n) is 18.3. The minimum absolute atomic E-state index is 0.00660. The molecule has 2 aromatic carbocycles. The summed E-state index contributed by atoms with van der Waals surface area (Å²) in [7, 11) is 0. The van der Waals surface area contributed by atoms with Crippen molar-refractivity contribution in [2.45, 2.75) is 96.6 Å². The van der Waals surface area contributed by atoms with Crippen molar-refractivity contribution in [3.05, 3.63) is 59.5 Å². The molecular formula is C39H52N4O7. The lowest BCUT2D eigenvalue weighted by atomic mass is 9.83. The highest BCUT2D eigenvalue weighted by atomic mass is 16.5. The molecule has 1 fully saturated rings. The number of nitrogens with two attached hydrogens (primary N) is 1. The monoisotopic (exact) mass is 688 g/mol. The van der Waals surface area contributed by atoms with E-state index in [0.717, 1.165) is 29.7 Å². The average molecular weight is 689 g/mol. The fourth-order valence-corrected chi connectivity index (χ4v) is 7.01. The summed E-state index contributed by atoms with van der Waals surface area (Å²) < 4.78 is 17.4. The van der Waals surface area contributed by atoms with Gasteiger partial charge in [0.2, 0.25) is 11.8 Å². The number of benzene rings is 2. The van der Waals surface area contributed by atoms with Gasteiger partial charge in [0.25, 0.3) is 0 Å². The summed E-state index contributed by atoms with van der Waals surface area (Å²) in [4.78, 5) is 59.5. The Balaban J connectivity index is 1.34. The topological polar surface area (TPSA) is 163 Å². The van der Waals surface area contributed by atoms with Gasteiger partial charge >= 0.3 is 0 Å².